The summed E-state index contributed by atoms with van der Waals surface area (Å²) in [5, 5.41) is 0. The molecule has 2 aromatic carbocycles. The predicted molar refractivity (Wildman–Crippen MR) is 93.6 cm³/mol. The van der Waals surface area contributed by atoms with E-state index in [0.29, 0.717) is 31.1 Å². The minimum Gasteiger partial charge on any atom is -0.493 e. The van der Waals surface area contributed by atoms with E-state index in [1.54, 1.807) is 24.3 Å². The van der Waals surface area contributed by atoms with Crippen LogP contribution in [0.3, 0.4) is 0 Å². The van der Waals surface area contributed by atoms with Gasteiger partial charge in [0, 0.05) is 0 Å². The normalized spacial score (nSPS) is 15.4. The van der Waals surface area contributed by atoms with E-state index >= 15 is 0 Å². The van der Waals surface area contributed by atoms with Crippen molar-refractivity contribution in [2.75, 3.05) is 19.8 Å². The minimum absolute atomic E-state index is 0.0552. The molecule has 0 saturated carbocycles. The number of ether oxygens (including phenoxy) is 4. The fraction of sp³-hybridized carbons (Fsp3) is 0.350. The molecule has 8 heteroatoms. The summed E-state index contributed by atoms with van der Waals surface area (Å²) in [7, 11) is 0. The molecular weight excluding hydrogens is 377 g/mol. The fourth-order valence-corrected chi connectivity index (χ4v) is 2.58. The number of halogens is 3. The van der Waals surface area contributed by atoms with E-state index in [1.807, 2.05) is 0 Å². The molecule has 5 nitrogen and oxygen atoms in total. The standard InChI is InChI=1S/C20H19F3O5/c1-2-19(11-25-12-19)13-26-15-5-3-14(4-6-15)18(24)27-16-7-9-17(10-8-16)28-20(21,22)23/h3-10H,2,11-13H2,1H3. The van der Waals surface area contributed by atoms with Crippen LogP contribution in [0.25, 0.3) is 0 Å². The van der Waals surface area contributed by atoms with Crippen LogP contribution in [0.4, 0.5) is 13.2 Å². The van der Waals surface area contributed by atoms with Gasteiger partial charge < -0.3 is 18.9 Å². The maximum atomic E-state index is 12.2. The Labute approximate surface area is 160 Å². The monoisotopic (exact) mass is 396 g/mol. The lowest BCUT2D eigenvalue weighted by molar-refractivity contribution is -0.274. The lowest BCUT2D eigenvalue weighted by Gasteiger charge is -2.40. The molecule has 1 aliphatic rings. The molecule has 0 spiro atoms. The summed E-state index contributed by atoms with van der Waals surface area (Å²) >= 11 is 0. The molecule has 1 fully saturated rings. The highest BCUT2D eigenvalue weighted by Gasteiger charge is 2.37. The van der Waals surface area contributed by atoms with Crippen LogP contribution >= 0.6 is 0 Å². The van der Waals surface area contributed by atoms with E-state index in [4.69, 9.17) is 14.2 Å². The van der Waals surface area contributed by atoms with E-state index in [9.17, 15) is 18.0 Å². The first-order chi connectivity index (χ1) is 13.3. The van der Waals surface area contributed by atoms with Crippen molar-refractivity contribution in [3.05, 3.63) is 54.1 Å². The summed E-state index contributed by atoms with van der Waals surface area (Å²) in [5.74, 6) is -0.288. The molecular formula is C20H19F3O5. The first-order valence-electron chi connectivity index (χ1n) is 8.67. The maximum absolute atomic E-state index is 12.2. The Bertz CT molecular complexity index is 791. The smallest absolute Gasteiger partial charge is 0.493 e. The second-order valence-corrected chi connectivity index (χ2v) is 6.57. The van der Waals surface area contributed by atoms with Gasteiger partial charge in [-0.2, -0.15) is 0 Å². The van der Waals surface area contributed by atoms with Gasteiger partial charge in [-0.05, 0) is 55.0 Å². The molecule has 0 atom stereocenters. The zero-order valence-electron chi connectivity index (χ0n) is 15.1. The third kappa shape index (κ3) is 5.16. The summed E-state index contributed by atoms with van der Waals surface area (Å²) in [6.45, 7) is 3.99. The number of alkyl halides is 3. The van der Waals surface area contributed by atoms with Crippen LogP contribution in [-0.4, -0.2) is 32.2 Å². The van der Waals surface area contributed by atoms with Crippen LogP contribution in [0.1, 0.15) is 23.7 Å². The summed E-state index contributed by atoms with van der Waals surface area (Å²) in [6, 6.07) is 11.0. The zero-order valence-corrected chi connectivity index (χ0v) is 15.1. The van der Waals surface area contributed by atoms with Gasteiger partial charge >= 0.3 is 12.3 Å². The third-order valence-electron chi connectivity index (χ3n) is 4.47. The number of hydrogen-bond donors (Lipinski definition) is 0. The highest BCUT2D eigenvalue weighted by atomic mass is 19.4. The van der Waals surface area contributed by atoms with Crippen LogP contribution < -0.4 is 14.2 Å². The van der Waals surface area contributed by atoms with Crippen molar-refractivity contribution in [2.45, 2.75) is 19.7 Å². The molecule has 28 heavy (non-hydrogen) atoms. The van der Waals surface area contributed by atoms with E-state index in [0.717, 1.165) is 18.6 Å². The molecule has 1 heterocycles. The second-order valence-electron chi connectivity index (χ2n) is 6.57. The molecule has 0 aliphatic carbocycles. The number of rotatable bonds is 7. The van der Waals surface area contributed by atoms with Crippen molar-refractivity contribution in [3.63, 3.8) is 0 Å². The quantitative estimate of drug-likeness (QED) is 0.505. The Balaban J connectivity index is 1.54. The summed E-state index contributed by atoms with van der Waals surface area (Å²) in [6.07, 6.45) is -3.81. The van der Waals surface area contributed by atoms with Crippen LogP contribution in [0, 0.1) is 5.41 Å². The first kappa shape index (κ1) is 20.0. The minimum atomic E-state index is -4.77. The SMILES string of the molecule is CCC1(COc2ccc(C(=O)Oc3ccc(OC(F)(F)F)cc3)cc2)COC1. The van der Waals surface area contributed by atoms with Gasteiger partial charge in [0.1, 0.15) is 17.2 Å². The molecule has 2 aromatic rings. The Morgan fingerprint density at radius 3 is 2.07 bits per heavy atom. The molecule has 0 bridgehead atoms. The predicted octanol–water partition coefficient (Wildman–Crippen LogP) is 4.61. The summed E-state index contributed by atoms with van der Waals surface area (Å²) < 4.78 is 56.4. The summed E-state index contributed by atoms with van der Waals surface area (Å²) in [4.78, 5) is 12.2. The average Bonchev–Trinajstić information content (AvgIpc) is 2.62. The lowest BCUT2D eigenvalue weighted by Crippen LogP contribution is -2.46. The van der Waals surface area contributed by atoms with Crippen molar-refractivity contribution in [1.29, 1.82) is 0 Å². The first-order valence-corrected chi connectivity index (χ1v) is 8.67. The molecule has 0 unspecified atom stereocenters. The second kappa shape index (κ2) is 8.10. The van der Waals surface area contributed by atoms with E-state index in [1.165, 1.54) is 12.1 Å². The Hall–Kier alpha value is -2.74. The van der Waals surface area contributed by atoms with Crippen molar-refractivity contribution in [2.24, 2.45) is 5.41 Å². The largest absolute Gasteiger partial charge is 0.573 e. The maximum Gasteiger partial charge on any atom is 0.573 e. The van der Waals surface area contributed by atoms with E-state index < -0.39 is 18.1 Å². The van der Waals surface area contributed by atoms with E-state index in [2.05, 4.69) is 11.7 Å². The molecule has 150 valence electrons. The molecule has 0 aromatic heterocycles. The van der Waals surface area contributed by atoms with Crippen molar-refractivity contribution in [3.8, 4) is 17.2 Å². The van der Waals surface area contributed by atoms with E-state index in [-0.39, 0.29) is 11.2 Å². The van der Waals surface area contributed by atoms with Crippen molar-refractivity contribution in [1.82, 2.24) is 0 Å². The highest BCUT2D eigenvalue weighted by molar-refractivity contribution is 5.91. The Morgan fingerprint density at radius 1 is 1.00 bits per heavy atom. The Kier molecular flexibility index (Phi) is 5.79. The lowest BCUT2D eigenvalue weighted by atomic mass is 9.84. The number of hydrogen-bond acceptors (Lipinski definition) is 5. The zero-order chi connectivity index (χ0) is 20.2. The number of benzene rings is 2. The molecule has 1 saturated heterocycles. The number of esters is 1. The van der Waals surface area contributed by atoms with Crippen LogP contribution in [-0.2, 0) is 4.74 Å². The van der Waals surface area contributed by atoms with Crippen LogP contribution in [0.15, 0.2) is 48.5 Å². The van der Waals surface area contributed by atoms with Crippen LogP contribution in [0.5, 0.6) is 17.2 Å². The van der Waals surface area contributed by atoms with Crippen LogP contribution in [0.2, 0.25) is 0 Å². The average molecular weight is 396 g/mol. The van der Waals surface area contributed by atoms with Gasteiger partial charge in [0.15, 0.2) is 0 Å². The number of carbonyl (C=O) groups is 1. The summed E-state index contributed by atoms with van der Waals surface area (Å²) in [5.41, 5.74) is 0.347. The molecule has 0 radical (unpaired) electrons. The number of carbonyl (C=O) groups excluding carboxylic acids is 1. The van der Waals surface area contributed by atoms with Crippen molar-refractivity contribution >= 4 is 5.97 Å². The molecule has 1 aliphatic heterocycles. The van der Waals surface area contributed by atoms with Gasteiger partial charge in [0.25, 0.3) is 0 Å². The molecule has 3 rings (SSSR count). The topological polar surface area (TPSA) is 54.0 Å². The fourth-order valence-electron chi connectivity index (χ4n) is 2.58. The van der Waals surface area contributed by atoms with Gasteiger partial charge in [0.05, 0.1) is 30.8 Å². The Morgan fingerprint density at radius 2 is 1.57 bits per heavy atom. The van der Waals surface area contributed by atoms with Crippen molar-refractivity contribution < 1.29 is 36.9 Å². The van der Waals surface area contributed by atoms with Gasteiger partial charge in [0.2, 0.25) is 0 Å². The van der Waals surface area contributed by atoms with Gasteiger partial charge in [-0.15, -0.1) is 13.2 Å². The third-order valence-corrected chi connectivity index (χ3v) is 4.47. The molecule has 0 amide bonds. The highest BCUT2D eigenvalue weighted by Crippen LogP contribution is 2.32. The van der Waals surface area contributed by atoms with Gasteiger partial charge in [-0.3, -0.25) is 0 Å². The molecule has 0 N–H and O–H groups in total. The van der Waals surface area contributed by atoms with Gasteiger partial charge in [-0.1, -0.05) is 6.92 Å². The van der Waals surface area contributed by atoms with Gasteiger partial charge in [-0.25, -0.2) is 4.79 Å².